The fourth-order valence-electron chi connectivity index (χ4n) is 2.80. The maximum Gasteiger partial charge on any atom is 0.0913 e. The number of hydrogen-bond acceptors (Lipinski definition) is 4. The Kier molecular flexibility index (Phi) is 4.52. The SMILES string of the molecule is COC1C(C)C(OC)C(C(C)O)C1OC. The van der Waals surface area contributed by atoms with Gasteiger partial charge < -0.3 is 19.3 Å². The van der Waals surface area contributed by atoms with E-state index in [4.69, 9.17) is 14.2 Å². The number of ether oxygens (including phenoxy) is 3. The second-order valence-electron chi connectivity index (χ2n) is 4.28. The van der Waals surface area contributed by atoms with E-state index in [1.54, 1.807) is 28.3 Å². The third-order valence-electron chi connectivity index (χ3n) is 3.49. The molecule has 0 aromatic heterocycles. The van der Waals surface area contributed by atoms with Crippen molar-refractivity contribution in [2.24, 2.45) is 11.8 Å². The van der Waals surface area contributed by atoms with E-state index in [9.17, 15) is 5.11 Å². The first kappa shape index (κ1) is 12.9. The molecule has 1 aliphatic rings. The van der Waals surface area contributed by atoms with Crippen molar-refractivity contribution in [1.82, 2.24) is 0 Å². The summed E-state index contributed by atoms with van der Waals surface area (Å²) in [5.41, 5.74) is 0. The lowest BCUT2D eigenvalue weighted by atomic mass is 9.96. The molecular formula is C11H22O4. The molecule has 0 bridgehead atoms. The first-order chi connectivity index (χ1) is 7.08. The van der Waals surface area contributed by atoms with Crippen LogP contribution >= 0.6 is 0 Å². The zero-order valence-corrected chi connectivity index (χ0v) is 10.1. The summed E-state index contributed by atoms with van der Waals surface area (Å²) in [6.07, 6.45) is -0.586. The highest BCUT2D eigenvalue weighted by atomic mass is 16.5. The van der Waals surface area contributed by atoms with E-state index in [-0.39, 0.29) is 30.1 Å². The average molecular weight is 218 g/mol. The van der Waals surface area contributed by atoms with E-state index in [2.05, 4.69) is 6.92 Å². The molecule has 0 heterocycles. The summed E-state index contributed by atoms with van der Waals surface area (Å²) in [4.78, 5) is 0. The summed E-state index contributed by atoms with van der Waals surface area (Å²) in [7, 11) is 4.99. The monoisotopic (exact) mass is 218 g/mol. The minimum absolute atomic E-state index is 0.0140. The van der Waals surface area contributed by atoms with E-state index >= 15 is 0 Å². The third-order valence-corrected chi connectivity index (χ3v) is 3.49. The lowest BCUT2D eigenvalue weighted by Crippen LogP contribution is -2.37. The number of aliphatic hydroxyl groups excluding tert-OH is 1. The van der Waals surface area contributed by atoms with Crippen LogP contribution in [0.5, 0.6) is 0 Å². The van der Waals surface area contributed by atoms with E-state index in [0.29, 0.717) is 0 Å². The smallest absolute Gasteiger partial charge is 0.0913 e. The van der Waals surface area contributed by atoms with E-state index in [1.165, 1.54) is 0 Å². The van der Waals surface area contributed by atoms with Gasteiger partial charge in [0.25, 0.3) is 0 Å². The van der Waals surface area contributed by atoms with E-state index in [1.807, 2.05) is 0 Å². The van der Waals surface area contributed by atoms with Crippen LogP contribution in [0, 0.1) is 11.8 Å². The molecule has 6 unspecified atom stereocenters. The molecule has 0 aliphatic heterocycles. The zero-order valence-electron chi connectivity index (χ0n) is 10.1. The van der Waals surface area contributed by atoms with Crippen molar-refractivity contribution in [3.05, 3.63) is 0 Å². The molecule has 0 spiro atoms. The van der Waals surface area contributed by atoms with Crippen LogP contribution < -0.4 is 0 Å². The van der Waals surface area contributed by atoms with Crippen LogP contribution in [0.4, 0.5) is 0 Å². The molecule has 90 valence electrons. The van der Waals surface area contributed by atoms with Gasteiger partial charge in [0.2, 0.25) is 0 Å². The van der Waals surface area contributed by atoms with Crippen LogP contribution in [-0.4, -0.2) is 50.9 Å². The molecular weight excluding hydrogens is 196 g/mol. The van der Waals surface area contributed by atoms with Crippen molar-refractivity contribution >= 4 is 0 Å². The highest BCUT2D eigenvalue weighted by Crippen LogP contribution is 2.38. The predicted octanol–water partition coefficient (Wildman–Crippen LogP) is 0.678. The van der Waals surface area contributed by atoms with Gasteiger partial charge in [-0.25, -0.2) is 0 Å². The largest absolute Gasteiger partial charge is 0.393 e. The molecule has 0 amide bonds. The van der Waals surface area contributed by atoms with Crippen molar-refractivity contribution in [3.63, 3.8) is 0 Å². The van der Waals surface area contributed by atoms with Crippen molar-refractivity contribution < 1.29 is 19.3 Å². The maximum absolute atomic E-state index is 9.77. The fourth-order valence-corrected chi connectivity index (χ4v) is 2.80. The molecule has 1 rings (SSSR count). The van der Waals surface area contributed by atoms with Crippen LogP contribution in [0.25, 0.3) is 0 Å². The molecule has 15 heavy (non-hydrogen) atoms. The highest BCUT2D eigenvalue weighted by molar-refractivity contribution is 5.00. The van der Waals surface area contributed by atoms with Crippen LogP contribution in [0.3, 0.4) is 0 Å². The topological polar surface area (TPSA) is 47.9 Å². The molecule has 6 atom stereocenters. The Morgan fingerprint density at radius 1 is 0.933 bits per heavy atom. The standard InChI is InChI=1S/C11H22O4/c1-6-9(13-3)8(7(2)12)11(15-5)10(6)14-4/h6-12H,1-5H3. The van der Waals surface area contributed by atoms with Gasteiger partial charge in [-0.3, -0.25) is 0 Å². The Balaban J connectivity index is 2.90. The Labute approximate surface area is 91.5 Å². The van der Waals surface area contributed by atoms with Crippen LogP contribution in [0.1, 0.15) is 13.8 Å². The second-order valence-corrected chi connectivity index (χ2v) is 4.28. The second kappa shape index (κ2) is 5.25. The quantitative estimate of drug-likeness (QED) is 0.753. The molecule has 0 aromatic rings. The molecule has 0 aromatic carbocycles. The molecule has 1 fully saturated rings. The minimum atomic E-state index is -0.456. The average Bonchev–Trinajstić information content (AvgIpc) is 2.49. The minimum Gasteiger partial charge on any atom is -0.393 e. The lowest BCUT2D eigenvalue weighted by molar-refractivity contribution is -0.0718. The van der Waals surface area contributed by atoms with E-state index in [0.717, 1.165) is 0 Å². The summed E-state index contributed by atoms with van der Waals surface area (Å²) in [5.74, 6) is 0.199. The number of aliphatic hydroxyl groups is 1. The van der Waals surface area contributed by atoms with Gasteiger partial charge in [0, 0.05) is 33.2 Å². The summed E-state index contributed by atoms with van der Waals surface area (Å²) in [6, 6.07) is 0. The molecule has 4 heteroatoms. The zero-order chi connectivity index (χ0) is 11.6. The van der Waals surface area contributed by atoms with Gasteiger partial charge >= 0.3 is 0 Å². The van der Waals surface area contributed by atoms with Gasteiger partial charge in [-0.05, 0) is 6.92 Å². The Bertz CT molecular complexity index is 195. The molecule has 4 nitrogen and oxygen atoms in total. The molecule has 0 saturated heterocycles. The molecule has 1 saturated carbocycles. The maximum atomic E-state index is 9.77. The summed E-state index contributed by atoms with van der Waals surface area (Å²) in [6.45, 7) is 3.84. The van der Waals surface area contributed by atoms with Gasteiger partial charge in [0.1, 0.15) is 0 Å². The van der Waals surface area contributed by atoms with Crippen molar-refractivity contribution in [1.29, 1.82) is 0 Å². The Morgan fingerprint density at radius 2 is 1.40 bits per heavy atom. The lowest BCUT2D eigenvalue weighted by Gasteiger charge is -2.26. The summed E-state index contributed by atoms with van der Waals surface area (Å²) >= 11 is 0. The highest BCUT2D eigenvalue weighted by Gasteiger charge is 2.51. The first-order valence-electron chi connectivity index (χ1n) is 5.34. The number of rotatable bonds is 4. The van der Waals surface area contributed by atoms with Gasteiger partial charge in [-0.1, -0.05) is 6.92 Å². The van der Waals surface area contributed by atoms with E-state index < -0.39 is 6.10 Å². The van der Waals surface area contributed by atoms with Crippen molar-refractivity contribution in [2.75, 3.05) is 21.3 Å². The predicted molar refractivity (Wildman–Crippen MR) is 56.7 cm³/mol. The van der Waals surface area contributed by atoms with Crippen LogP contribution in [0.2, 0.25) is 0 Å². The summed E-state index contributed by atoms with van der Waals surface area (Å²) in [5, 5.41) is 9.77. The first-order valence-corrected chi connectivity index (χ1v) is 5.34. The normalized spacial score (nSPS) is 43.2. The van der Waals surface area contributed by atoms with Crippen LogP contribution in [0.15, 0.2) is 0 Å². The van der Waals surface area contributed by atoms with Gasteiger partial charge in [-0.15, -0.1) is 0 Å². The Hall–Kier alpha value is -0.160. The number of methoxy groups -OCH3 is 3. The third kappa shape index (κ3) is 2.18. The van der Waals surface area contributed by atoms with Gasteiger partial charge in [-0.2, -0.15) is 0 Å². The van der Waals surface area contributed by atoms with Gasteiger partial charge in [0.05, 0.1) is 24.4 Å². The Morgan fingerprint density at radius 3 is 1.73 bits per heavy atom. The van der Waals surface area contributed by atoms with Crippen LogP contribution in [-0.2, 0) is 14.2 Å². The van der Waals surface area contributed by atoms with Crippen molar-refractivity contribution in [3.8, 4) is 0 Å². The summed E-state index contributed by atoms with van der Waals surface area (Å²) < 4.78 is 16.3. The van der Waals surface area contributed by atoms with Gasteiger partial charge in [0.15, 0.2) is 0 Å². The molecule has 1 N–H and O–H groups in total. The molecule has 0 radical (unpaired) electrons. The molecule has 1 aliphatic carbocycles. The number of hydrogen-bond donors (Lipinski definition) is 1. The van der Waals surface area contributed by atoms with Crippen molar-refractivity contribution in [2.45, 2.75) is 38.3 Å². The fraction of sp³-hybridized carbons (Fsp3) is 1.00.